The third kappa shape index (κ3) is 6.01. The number of nitrogens with zero attached hydrogens (tertiary/aromatic N) is 2. The van der Waals surface area contributed by atoms with Gasteiger partial charge in [-0.2, -0.15) is 13.2 Å². The Labute approximate surface area is 224 Å². The maximum absolute atomic E-state index is 13.9. The molecular formula is C26H24F5N7O2. The van der Waals surface area contributed by atoms with Crippen molar-refractivity contribution < 1.29 is 31.5 Å². The van der Waals surface area contributed by atoms with E-state index in [1.54, 1.807) is 32.2 Å². The smallest absolute Gasteiger partial charge is 0.346 e. The molecule has 40 heavy (non-hydrogen) atoms. The normalized spacial score (nSPS) is 13.2. The lowest BCUT2D eigenvalue weighted by molar-refractivity contribution is -0.143. The van der Waals surface area contributed by atoms with Gasteiger partial charge in [0.05, 0.1) is 17.6 Å². The lowest BCUT2D eigenvalue weighted by Gasteiger charge is -2.32. The zero-order chi connectivity index (χ0) is 29.2. The number of H-pyrrole nitrogens is 1. The summed E-state index contributed by atoms with van der Waals surface area (Å²) < 4.78 is 65.2. The molecule has 3 amide bonds. The molecule has 0 radical (unpaired) electrons. The number of halogens is 5. The minimum absolute atomic E-state index is 0.192. The molecule has 0 saturated heterocycles. The average molecular weight is 562 g/mol. The van der Waals surface area contributed by atoms with Crippen LogP contribution in [0.4, 0.5) is 38.1 Å². The number of carbonyl (C=O) groups is 2. The Morgan fingerprint density at radius 3 is 2.48 bits per heavy atom. The number of hydrogen-bond acceptors (Lipinski definition) is 5. The van der Waals surface area contributed by atoms with Crippen LogP contribution in [-0.2, 0) is 10.3 Å². The lowest BCUT2D eigenvalue weighted by atomic mass is 9.80. The van der Waals surface area contributed by atoms with E-state index < -0.39 is 47.8 Å². The molecule has 4 rings (SSSR count). The minimum Gasteiger partial charge on any atom is -0.346 e. The van der Waals surface area contributed by atoms with E-state index >= 15 is 0 Å². The lowest BCUT2D eigenvalue weighted by Crippen LogP contribution is -2.56. The first-order valence-electron chi connectivity index (χ1n) is 11.9. The number of carbonyl (C=O) groups excluding carboxylic acids is 2. The highest BCUT2D eigenvalue weighted by atomic mass is 19.4. The molecule has 210 valence electrons. The largest absolute Gasteiger partial charge is 0.405 e. The Morgan fingerprint density at radius 2 is 1.80 bits per heavy atom. The van der Waals surface area contributed by atoms with Crippen molar-refractivity contribution in [3.8, 4) is 11.1 Å². The van der Waals surface area contributed by atoms with Crippen molar-refractivity contribution in [3.05, 3.63) is 72.3 Å². The van der Waals surface area contributed by atoms with Gasteiger partial charge >= 0.3 is 12.2 Å². The zero-order valence-corrected chi connectivity index (χ0v) is 21.2. The van der Waals surface area contributed by atoms with Gasteiger partial charge in [0.2, 0.25) is 5.91 Å². The van der Waals surface area contributed by atoms with Gasteiger partial charge in [-0.1, -0.05) is 13.8 Å². The molecule has 1 aromatic carbocycles. The van der Waals surface area contributed by atoms with Crippen molar-refractivity contribution in [2.75, 3.05) is 17.2 Å². The highest BCUT2D eigenvalue weighted by Crippen LogP contribution is 2.33. The summed E-state index contributed by atoms with van der Waals surface area (Å²) in [6, 6.07) is 5.03. The summed E-state index contributed by atoms with van der Waals surface area (Å²) in [6.45, 7) is 1.68. The topological polar surface area (TPSA) is 138 Å². The number of benzene rings is 1. The first-order valence-corrected chi connectivity index (χ1v) is 11.9. The number of rotatable bonds is 7. The number of urea groups is 1. The van der Waals surface area contributed by atoms with Gasteiger partial charge in [-0.05, 0) is 30.2 Å². The predicted molar refractivity (Wildman–Crippen MR) is 138 cm³/mol. The van der Waals surface area contributed by atoms with Crippen molar-refractivity contribution in [1.82, 2.24) is 20.3 Å². The first kappa shape index (κ1) is 28.4. The van der Waals surface area contributed by atoms with E-state index in [2.05, 4.69) is 25.6 Å². The number of pyridine rings is 2. The van der Waals surface area contributed by atoms with Crippen LogP contribution in [0.2, 0.25) is 0 Å². The number of hydrogen-bond donors (Lipinski definition) is 5. The number of aromatic amines is 1. The van der Waals surface area contributed by atoms with E-state index in [1.807, 2.05) is 5.32 Å². The molecule has 3 aromatic heterocycles. The molecule has 0 aliphatic heterocycles. The number of fused-ring (bicyclic) bond motifs is 1. The van der Waals surface area contributed by atoms with Crippen LogP contribution in [0.1, 0.15) is 19.4 Å². The van der Waals surface area contributed by atoms with Gasteiger partial charge in [0.25, 0.3) is 0 Å². The van der Waals surface area contributed by atoms with E-state index in [4.69, 9.17) is 5.73 Å². The van der Waals surface area contributed by atoms with Gasteiger partial charge in [-0.3, -0.25) is 9.78 Å². The fourth-order valence-electron chi connectivity index (χ4n) is 4.05. The van der Waals surface area contributed by atoms with Crippen molar-refractivity contribution in [2.45, 2.75) is 25.6 Å². The predicted octanol–water partition coefficient (Wildman–Crippen LogP) is 5.04. The SMILES string of the molecule is CC(C)C(N)(C(=O)NCC(F)(F)F)c1cncc(-c2c[nH]c3ncc(NC(=O)Nc4ccc(F)cc4F)cc23)c1. The molecule has 0 aliphatic carbocycles. The molecular weight excluding hydrogens is 537 g/mol. The summed E-state index contributed by atoms with van der Waals surface area (Å²) in [5.41, 5.74) is 6.22. The van der Waals surface area contributed by atoms with Crippen LogP contribution in [0.5, 0.6) is 0 Å². The van der Waals surface area contributed by atoms with Crippen LogP contribution >= 0.6 is 0 Å². The third-order valence-electron chi connectivity index (χ3n) is 6.23. The monoisotopic (exact) mass is 561 g/mol. The molecule has 0 spiro atoms. The molecule has 14 heteroatoms. The summed E-state index contributed by atoms with van der Waals surface area (Å²) >= 11 is 0. The Hall–Kier alpha value is -4.59. The number of anilines is 2. The van der Waals surface area contributed by atoms with Gasteiger partial charge in [-0.15, -0.1) is 0 Å². The molecule has 0 fully saturated rings. The van der Waals surface area contributed by atoms with Gasteiger partial charge in [0, 0.05) is 46.7 Å². The van der Waals surface area contributed by atoms with Gasteiger partial charge < -0.3 is 26.7 Å². The molecule has 0 bridgehead atoms. The number of aromatic nitrogens is 3. The van der Waals surface area contributed by atoms with E-state index in [1.165, 1.54) is 18.6 Å². The molecule has 6 N–H and O–H groups in total. The number of alkyl halides is 3. The number of amides is 3. The summed E-state index contributed by atoms with van der Waals surface area (Å²) in [7, 11) is 0. The van der Waals surface area contributed by atoms with Gasteiger partial charge in [0.1, 0.15) is 29.4 Å². The highest BCUT2D eigenvalue weighted by Gasteiger charge is 2.41. The maximum Gasteiger partial charge on any atom is 0.405 e. The standard InChI is InChI=1S/C26H24F5N7O2/c1-13(2)26(32,23(39)36-12-25(29,30)31)15-5-14(8-33-9-15)19-11-35-22-18(19)7-17(10-34-22)37-24(40)38-21-4-3-16(27)6-20(21)28/h3-11,13H,12,32H2,1-2H3,(H,34,35)(H,36,39)(H2,37,38,40). The second-order valence-electron chi connectivity index (χ2n) is 9.31. The second kappa shape index (κ2) is 10.9. The van der Waals surface area contributed by atoms with E-state index in [0.29, 0.717) is 28.2 Å². The summed E-state index contributed by atoms with van der Waals surface area (Å²) in [6.07, 6.45) is 1.14. The van der Waals surface area contributed by atoms with Crippen LogP contribution in [0.25, 0.3) is 22.2 Å². The third-order valence-corrected chi connectivity index (χ3v) is 6.23. The van der Waals surface area contributed by atoms with Gasteiger partial charge in [-0.25, -0.2) is 18.6 Å². The summed E-state index contributed by atoms with van der Waals surface area (Å²) in [5, 5.41) is 7.18. The maximum atomic E-state index is 13.9. The highest BCUT2D eigenvalue weighted by molar-refractivity contribution is 6.02. The van der Waals surface area contributed by atoms with E-state index in [9.17, 15) is 31.5 Å². The van der Waals surface area contributed by atoms with Crippen molar-refractivity contribution >= 4 is 34.3 Å². The Balaban J connectivity index is 1.62. The van der Waals surface area contributed by atoms with E-state index in [-0.39, 0.29) is 16.9 Å². The van der Waals surface area contributed by atoms with Crippen LogP contribution in [0.3, 0.4) is 0 Å². The van der Waals surface area contributed by atoms with E-state index in [0.717, 1.165) is 12.1 Å². The second-order valence-corrected chi connectivity index (χ2v) is 9.31. The van der Waals surface area contributed by atoms with Crippen LogP contribution < -0.4 is 21.7 Å². The molecule has 3 heterocycles. The fourth-order valence-corrected chi connectivity index (χ4v) is 4.05. The Kier molecular flexibility index (Phi) is 7.73. The summed E-state index contributed by atoms with van der Waals surface area (Å²) in [5.74, 6) is -3.34. The van der Waals surface area contributed by atoms with Crippen molar-refractivity contribution in [3.63, 3.8) is 0 Å². The number of nitrogens with two attached hydrogens (primary N) is 1. The van der Waals surface area contributed by atoms with Crippen molar-refractivity contribution in [2.24, 2.45) is 11.7 Å². The number of nitrogens with one attached hydrogen (secondary N) is 4. The molecule has 1 atom stereocenters. The van der Waals surface area contributed by atoms with Crippen LogP contribution in [0, 0.1) is 17.6 Å². The minimum atomic E-state index is -4.61. The molecule has 4 aromatic rings. The van der Waals surface area contributed by atoms with Crippen LogP contribution in [0.15, 0.2) is 55.1 Å². The quantitative estimate of drug-likeness (QED) is 0.202. The summed E-state index contributed by atoms with van der Waals surface area (Å²) in [4.78, 5) is 36.6. The molecule has 0 saturated carbocycles. The average Bonchev–Trinajstić information content (AvgIpc) is 3.31. The Bertz CT molecular complexity index is 1570. The van der Waals surface area contributed by atoms with Gasteiger partial charge in [0.15, 0.2) is 0 Å². The molecule has 9 nitrogen and oxygen atoms in total. The first-order chi connectivity index (χ1) is 18.8. The molecule has 1 unspecified atom stereocenters. The Morgan fingerprint density at radius 1 is 1.05 bits per heavy atom. The van der Waals surface area contributed by atoms with Crippen molar-refractivity contribution in [1.29, 1.82) is 0 Å². The van der Waals surface area contributed by atoms with Crippen LogP contribution in [-0.4, -0.2) is 39.6 Å². The zero-order valence-electron chi connectivity index (χ0n) is 21.2. The molecule has 0 aliphatic rings. The fraction of sp³-hybridized carbons (Fsp3) is 0.231.